The van der Waals surface area contributed by atoms with Crippen LogP contribution in [0.4, 0.5) is 0 Å². The van der Waals surface area contributed by atoms with Crippen molar-refractivity contribution < 1.29 is 14.3 Å². The zero-order valence-electron chi connectivity index (χ0n) is 15.8. The van der Waals surface area contributed by atoms with Crippen molar-refractivity contribution in [2.45, 2.75) is 13.3 Å². The van der Waals surface area contributed by atoms with Crippen molar-refractivity contribution in [3.05, 3.63) is 63.9 Å². The summed E-state index contributed by atoms with van der Waals surface area (Å²) in [5.74, 6) is 7.04. The number of thiophene rings is 1. The van der Waals surface area contributed by atoms with Gasteiger partial charge in [0, 0.05) is 43.5 Å². The van der Waals surface area contributed by atoms with Gasteiger partial charge in [0.05, 0.1) is 22.9 Å². The molecule has 0 spiro atoms. The van der Waals surface area contributed by atoms with Crippen LogP contribution in [0.5, 0.6) is 5.88 Å². The number of hydrogen-bond acceptors (Lipinski definition) is 8. The first-order chi connectivity index (χ1) is 13.6. The van der Waals surface area contributed by atoms with E-state index in [9.17, 15) is 4.79 Å². The number of hydrazine groups is 1. The average molecular weight is 398 g/mol. The van der Waals surface area contributed by atoms with Gasteiger partial charge in [0.1, 0.15) is 6.29 Å². The fourth-order valence-corrected chi connectivity index (χ4v) is 3.32. The number of rotatable bonds is 8. The van der Waals surface area contributed by atoms with Gasteiger partial charge >= 0.3 is 0 Å². The maximum atomic E-state index is 11.4. The molecule has 0 aromatic carbocycles. The Kier molecular flexibility index (Phi) is 6.70. The highest BCUT2D eigenvalue weighted by Gasteiger charge is 2.17. The Hall–Kier alpha value is -2.81. The number of pyridine rings is 1. The Bertz CT molecular complexity index is 920. The Labute approximate surface area is 167 Å². The van der Waals surface area contributed by atoms with E-state index in [1.165, 1.54) is 5.01 Å². The van der Waals surface area contributed by atoms with Gasteiger partial charge in [0.25, 0.3) is 0 Å². The second-order valence-electron chi connectivity index (χ2n) is 6.08. The highest BCUT2D eigenvalue weighted by atomic mass is 32.1. The lowest BCUT2D eigenvalue weighted by molar-refractivity contribution is 0.112. The van der Waals surface area contributed by atoms with Crippen LogP contribution in [0.15, 0.2) is 52.7 Å². The molecule has 0 aliphatic carbocycles. The third-order valence-corrected chi connectivity index (χ3v) is 4.95. The number of carbonyl (C=O) groups is 1. The number of ether oxygens (including phenoxy) is 2. The summed E-state index contributed by atoms with van der Waals surface area (Å²) in [5, 5.41) is 3.44. The minimum atomic E-state index is 0.382. The zero-order valence-corrected chi connectivity index (χ0v) is 16.6. The molecule has 0 saturated heterocycles. The molecule has 2 aromatic rings. The number of methoxy groups -OCH3 is 1. The first-order valence-electron chi connectivity index (χ1n) is 8.77. The Morgan fingerprint density at radius 3 is 2.93 bits per heavy atom. The van der Waals surface area contributed by atoms with Gasteiger partial charge in [0.2, 0.25) is 5.88 Å². The predicted octanol–water partition coefficient (Wildman–Crippen LogP) is 3.25. The highest BCUT2D eigenvalue weighted by Crippen LogP contribution is 2.26. The van der Waals surface area contributed by atoms with Crippen LogP contribution in [-0.2, 0) is 4.74 Å². The molecule has 0 unspecified atom stereocenters. The summed E-state index contributed by atoms with van der Waals surface area (Å²) in [7, 11) is 1.64. The molecular formula is C20H22N4O3S. The van der Waals surface area contributed by atoms with Gasteiger partial charge in [-0.1, -0.05) is 6.07 Å². The van der Waals surface area contributed by atoms with Crippen LogP contribution in [0.25, 0.3) is 5.57 Å². The van der Waals surface area contributed by atoms with Gasteiger partial charge in [-0.15, -0.1) is 11.3 Å². The van der Waals surface area contributed by atoms with E-state index in [1.807, 2.05) is 30.5 Å². The van der Waals surface area contributed by atoms with E-state index >= 15 is 0 Å². The second kappa shape index (κ2) is 9.41. The van der Waals surface area contributed by atoms with Crippen LogP contribution < -0.4 is 10.6 Å². The lowest BCUT2D eigenvalue weighted by Gasteiger charge is -2.21. The summed E-state index contributed by atoms with van der Waals surface area (Å²) >= 11 is 1.61. The van der Waals surface area contributed by atoms with Crippen molar-refractivity contribution in [1.29, 1.82) is 0 Å². The number of aromatic nitrogens is 1. The number of aliphatic imine (C=N–C) groups is 1. The Morgan fingerprint density at radius 1 is 1.36 bits per heavy atom. The van der Waals surface area contributed by atoms with Crippen LogP contribution in [-0.4, -0.2) is 42.3 Å². The van der Waals surface area contributed by atoms with Gasteiger partial charge in [-0.25, -0.2) is 15.8 Å². The fraction of sp³-hybridized carbons (Fsp3) is 0.250. The molecule has 0 atom stereocenters. The number of allylic oxidation sites excluding steroid dienone is 2. The van der Waals surface area contributed by atoms with Crippen LogP contribution in [0.1, 0.15) is 34.3 Å². The number of hydrogen-bond donors (Lipinski definition) is 1. The van der Waals surface area contributed by atoms with Crippen molar-refractivity contribution in [2.24, 2.45) is 10.8 Å². The molecule has 3 rings (SSSR count). The minimum Gasteiger partial charge on any atom is -0.478 e. The summed E-state index contributed by atoms with van der Waals surface area (Å²) < 4.78 is 10.7. The van der Waals surface area contributed by atoms with E-state index in [1.54, 1.807) is 36.8 Å². The van der Waals surface area contributed by atoms with E-state index < -0.39 is 0 Å². The lowest BCUT2D eigenvalue weighted by Crippen LogP contribution is -2.27. The van der Waals surface area contributed by atoms with Gasteiger partial charge in [-0.2, -0.15) is 0 Å². The molecule has 8 heteroatoms. The maximum Gasteiger partial charge on any atom is 0.214 e. The monoisotopic (exact) mass is 398 g/mol. The van der Waals surface area contributed by atoms with Crippen LogP contribution in [0.2, 0.25) is 0 Å². The molecule has 28 heavy (non-hydrogen) atoms. The summed E-state index contributed by atoms with van der Waals surface area (Å²) in [6.45, 7) is 2.91. The smallest absolute Gasteiger partial charge is 0.214 e. The van der Waals surface area contributed by atoms with Crippen molar-refractivity contribution in [1.82, 2.24) is 9.99 Å². The summed E-state index contributed by atoms with van der Waals surface area (Å²) in [5.41, 5.74) is 2.63. The molecule has 0 fully saturated rings. The van der Waals surface area contributed by atoms with Crippen LogP contribution in [0.3, 0.4) is 0 Å². The molecular weight excluding hydrogens is 376 g/mol. The van der Waals surface area contributed by atoms with Gasteiger partial charge in [-0.05, 0) is 30.5 Å². The first-order valence-corrected chi connectivity index (χ1v) is 9.65. The Morgan fingerprint density at radius 2 is 2.21 bits per heavy atom. The number of carbonyl (C=O) groups excluding carboxylic acids is 1. The molecule has 7 nitrogen and oxygen atoms in total. The normalized spacial score (nSPS) is 15.4. The Balaban J connectivity index is 1.94. The summed E-state index contributed by atoms with van der Waals surface area (Å²) in [6.07, 6.45) is 5.12. The molecule has 0 radical (unpaired) electrons. The third kappa shape index (κ3) is 4.72. The third-order valence-electron chi connectivity index (χ3n) is 4.06. The quantitative estimate of drug-likeness (QED) is 0.417. The van der Waals surface area contributed by atoms with Crippen LogP contribution >= 0.6 is 11.3 Å². The summed E-state index contributed by atoms with van der Waals surface area (Å²) in [6, 6.07) is 7.29. The van der Waals surface area contributed by atoms with Gasteiger partial charge < -0.3 is 9.47 Å². The van der Waals surface area contributed by atoms with E-state index in [4.69, 9.17) is 15.3 Å². The average Bonchev–Trinajstić information content (AvgIpc) is 3.25. The minimum absolute atomic E-state index is 0.382. The van der Waals surface area contributed by atoms with Crippen molar-refractivity contribution in [2.75, 3.05) is 20.3 Å². The molecule has 0 saturated carbocycles. The largest absolute Gasteiger partial charge is 0.478 e. The van der Waals surface area contributed by atoms with Crippen molar-refractivity contribution >= 4 is 28.9 Å². The standard InChI is InChI=1S/C20H22N4O3S/c1-14(20-23-16(6-7-24(20)21)18-5-3-10-28-18)17-11-15(13-25)12-19(22-17)27-9-4-8-26-2/h3,5-7,10-13H,4,8-9,21H2,1-2H3/b20-14+. The molecule has 146 valence electrons. The van der Waals surface area contributed by atoms with Gasteiger partial charge in [-0.3, -0.25) is 9.80 Å². The molecule has 1 aliphatic rings. The molecule has 0 bridgehead atoms. The van der Waals surface area contributed by atoms with Crippen molar-refractivity contribution in [3.63, 3.8) is 0 Å². The number of nitrogens with zero attached hydrogens (tertiary/aromatic N) is 3. The summed E-state index contributed by atoms with van der Waals surface area (Å²) in [4.78, 5) is 21.6. The van der Waals surface area contributed by atoms with E-state index in [0.29, 0.717) is 36.2 Å². The zero-order chi connectivity index (χ0) is 19.9. The van der Waals surface area contributed by atoms with E-state index in [2.05, 4.69) is 9.98 Å². The molecule has 2 N–H and O–H groups in total. The molecule has 3 heterocycles. The molecule has 1 aliphatic heterocycles. The van der Waals surface area contributed by atoms with Crippen LogP contribution in [0, 0.1) is 0 Å². The lowest BCUT2D eigenvalue weighted by atomic mass is 10.1. The number of nitrogens with two attached hydrogens (primary N) is 1. The predicted molar refractivity (Wildman–Crippen MR) is 110 cm³/mol. The fourth-order valence-electron chi connectivity index (χ4n) is 2.62. The first kappa shape index (κ1) is 19.9. The molecule has 0 amide bonds. The molecule has 2 aromatic heterocycles. The SMILES string of the molecule is COCCCOc1cc(C=O)cc(/C(C)=C2\N=C(c3cccs3)C=CN2N)n1. The topological polar surface area (TPSA) is 90.0 Å². The number of aldehydes is 1. The maximum absolute atomic E-state index is 11.4. The van der Waals surface area contributed by atoms with Crippen molar-refractivity contribution in [3.8, 4) is 5.88 Å². The van der Waals surface area contributed by atoms with Gasteiger partial charge in [0.15, 0.2) is 5.82 Å². The van der Waals surface area contributed by atoms with E-state index in [-0.39, 0.29) is 0 Å². The second-order valence-corrected chi connectivity index (χ2v) is 7.03. The van der Waals surface area contributed by atoms with E-state index in [0.717, 1.165) is 28.9 Å². The highest BCUT2D eigenvalue weighted by molar-refractivity contribution is 7.12.